The van der Waals surface area contributed by atoms with Crippen LogP contribution in [0.3, 0.4) is 0 Å². The molecule has 2 aromatic carbocycles. The number of rotatable bonds is 8. The lowest BCUT2D eigenvalue weighted by molar-refractivity contribution is -0.140. The van der Waals surface area contributed by atoms with Gasteiger partial charge in [0.05, 0.1) is 29.4 Å². The molecule has 2 aliphatic rings. The molecule has 0 radical (unpaired) electrons. The highest BCUT2D eigenvalue weighted by atomic mass is 19.4. The molecular formula is C29H30F4N4O. The standard InChI is InChI=1S/C29H30F4N4O/c1-3-23-27-25(13-9-18-8-12-21(22(30)16-18)29(31,32)33)36(14-15-37(27)28(35-23)19-10-11-19)24-7-5-4-6-20(24)17-26(38)34-2/h3-8,12,16,19,25H,1,9-11,13-15,17H2,2H3,(H,34,38)/t25-/m0/s1. The van der Waals surface area contributed by atoms with Gasteiger partial charge in [-0.05, 0) is 61.1 Å². The van der Waals surface area contributed by atoms with Gasteiger partial charge in [0, 0.05) is 31.7 Å². The highest BCUT2D eigenvalue weighted by Crippen LogP contribution is 2.45. The molecule has 5 nitrogen and oxygen atoms in total. The van der Waals surface area contributed by atoms with Crippen LogP contribution in [0.25, 0.3) is 6.08 Å². The van der Waals surface area contributed by atoms with E-state index >= 15 is 0 Å². The Balaban J connectivity index is 1.53. The first-order valence-corrected chi connectivity index (χ1v) is 12.8. The number of carbonyl (C=O) groups is 1. The summed E-state index contributed by atoms with van der Waals surface area (Å²) < 4.78 is 55.8. The fourth-order valence-electron chi connectivity index (χ4n) is 5.43. The number of halogens is 4. The molecule has 3 aromatic rings. The molecule has 1 fully saturated rings. The summed E-state index contributed by atoms with van der Waals surface area (Å²) in [7, 11) is 1.60. The number of fused-ring (bicyclic) bond motifs is 1. The van der Waals surface area contributed by atoms with E-state index in [4.69, 9.17) is 4.98 Å². The molecule has 1 aliphatic carbocycles. The second-order valence-electron chi connectivity index (χ2n) is 9.91. The van der Waals surface area contributed by atoms with E-state index in [9.17, 15) is 22.4 Å². The highest BCUT2D eigenvalue weighted by molar-refractivity contribution is 5.80. The molecule has 0 unspecified atom stereocenters. The summed E-state index contributed by atoms with van der Waals surface area (Å²) in [5.74, 6) is 0.122. The molecule has 0 saturated heterocycles. The van der Waals surface area contributed by atoms with E-state index in [2.05, 4.69) is 21.4 Å². The SMILES string of the molecule is C=Cc1nc(C2CC2)n2c1[C@H](CCc1ccc(C(F)(F)F)c(F)c1)N(c1ccccc1CC(=O)NC)CC2. The van der Waals surface area contributed by atoms with Gasteiger partial charge < -0.3 is 14.8 Å². The van der Waals surface area contributed by atoms with Crippen molar-refractivity contribution in [3.05, 3.63) is 88.8 Å². The Labute approximate surface area is 219 Å². The third-order valence-electron chi connectivity index (χ3n) is 7.43. The fraction of sp³-hybridized carbons (Fsp3) is 0.379. The maximum Gasteiger partial charge on any atom is 0.419 e. The van der Waals surface area contributed by atoms with E-state index in [1.807, 2.05) is 24.3 Å². The van der Waals surface area contributed by atoms with E-state index in [1.54, 1.807) is 13.1 Å². The summed E-state index contributed by atoms with van der Waals surface area (Å²) in [4.78, 5) is 19.4. The predicted molar refractivity (Wildman–Crippen MR) is 138 cm³/mol. The Morgan fingerprint density at radius 1 is 1.18 bits per heavy atom. The predicted octanol–water partition coefficient (Wildman–Crippen LogP) is 6.04. The van der Waals surface area contributed by atoms with E-state index in [-0.39, 0.29) is 18.4 Å². The second-order valence-corrected chi connectivity index (χ2v) is 9.91. The van der Waals surface area contributed by atoms with Crippen molar-refractivity contribution in [2.75, 3.05) is 18.5 Å². The number of likely N-dealkylation sites (N-methyl/N-ethyl adjacent to an activating group) is 1. The largest absolute Gasteiger partial charge is 0.419 e. The van der Waals surface area contributed by atoms with Crippen molar-refractivity contribution < 1.29 is 22.4 Å². The van der Waals surface area contributed by atoms with Crippen molar-refractivity contribution >= 4 is 17.7 Å². The van der Waals surface area contributed by atoms with Crippen LogP contribution in [0.5, 0.6) is 0 Å². The second kappa shape index (κ2) is 10.3. The summed E-state index contributed by atoms with van der Waals surface area (Å²) in [6, 6.07) is 10.7. The number of imidazole rings is 1. The maximum atomic E-state index is 14.3. The first kappa shape index (κ1) is 26.0. The normalized spacial score (nSPS) is 17.3. The lowest BCUT2D eigenvalue weighted by atomic mass is 9.95. The molecule has 0 bridgehead atoms. The van der Waals surface area contributed by atoms with Crippen LogP contribution in [0, 0.1) is 5.82 Å². The van der Waals surface area contributed by atoms with Crippen LogP contribution in [0.15, 0.2) is 49.0 Å². The van der Waals surface area contributed by atoms with Crippen LogP contribution in [0.1, 0.15) is 65.1 Å². The number of aromatic nitrogens is 2. The molecule has 1 aliphatic heterocycles. The van der Waals surface area contributed by atoms with Crippen LogP contribution in [-0.2, 0) is 30.4 Å². The minimum absolute atomic E-state index is 0.0981. The molecule has 5 rings (SSSR count). The van der Waals surface area contributed by atoms with Crippen molar-refractivity contribution in [3.63, 3.8) is 0 Å². The number of nitrogens with zero attached hydrogens (tertiary/aromatic N) is 3. The number of alkyl halides is 3. The van der Waals surface area contributed by atoms with E-state index in [0.717, 1.165) is 60.0 Å². The zero-order valence-corrected chi connectivity index (χ0v) is 21.2. The molecule has 0 spiro atoms. The molecule has 1 N–H and O–H groups in total. The molecule has 200 valence electrons. The van der Waals surface area contributed by atoms with Crippen molar-refractivity contribution in [1.29, 1.82) is 0 Å². The van der Waals surface area contributed by atoms with Crippen LogP contribution < -0.4 is 10.2 Å². The Morgan fingerprint density at radius 2 is 1.95 bits per heavy atom. The Morgan fingerprint density at radius 3 is 2.61 bits per heavy atom. The zero-order valence-electron chi connectivity index (χ0n) is 21.2. The first-order valence-electron chi connectivity index (χ1n) is 12.8. The van der Waals surface area contributed by atoms with E-state index in [1.165, 1.54) is 6.07 Å². The quantitative estimate of drug-likeness (QED) is 0.364. The summed E-state index contributed by atoms with van der Waals surface area (Å²) in [5, 5.41) is 2.68. The third kappa shape index (κ3) is 5.06. The first-order chi connectivity index (χ1) is 18.2. The van der Waals surface area contributed by atoms with Crippen LogP contribution in [0.2, 0.25) is 0 Å². The Kier molecular flexibility index (Phi) is 7.03. The number of nitrogens with one attached hydrogen (secondary N) is 1. The summed E-state index contributed by atoms with van der Waals surface area (Å²) in [5.41, 5.74) is 2.85. The topological polar surface area (TPSA) is 50.2 Å². The molecular weight excluding hydrogens is 496 g/mol. The minimum Gasteiger partial charge on any atom is -0.361 e. The van der Waals surface area contributed by atoms with Crippen LogP contribution in [-0.4, -0.2) is 29.1 Å². The van der Waals surface area contributed by atoms with Crippen LogP contribution in [0.4, 0.5) is 23.2 Å². The van der Waals surface area contributed by atoms with Crippen molar-refractivity contribution in [1.82, 2.24) is 14.9 Å². The monoisotopic (exact) mass is 526 g/mol. The van der Waals surface area contributed by atoms with Gasteiger partial charge in [0.2, 0.25) is 5.91 Å². The number of anilines is 1. The number of aryl methyl sites for hydroxylation is 1. The minimum atomic E-state index is -4.73. The van der Waals surface area contributed by atoms with Gasteiger partial charge in [-0.15, -0.1) is 0 Å². The van der Waals surface area contributed by atoms with Gasteiger partial charge >= 0.3 is 6.18 Å². The smallest absolute Gasteiger partial charge is 0.361 e. The molecule has 1 saturated carbocycles. The van der Waals surface area contributed by atoms with Gasteiger partial charge in [-0.25, -0.2) is 9.37 Å². The summed E-state index contributed by atoms with van der Waals surface area (Å²) >= 11 is 0. The average molecular weight is 527 g/mol. The van der Waals surface area contributed by atoms with Crippen molar-refractivity contribution in [2.24, 2.45) is 0 Å². The van der Waals surface area contributed by atoms with E-state index < -0.39 is 17.6 Å². The molecule has 38 heavy (non-hydrogen) atoms. The van der Waals surface area contributed by atoms with Gasteiger partial charge in [-0.2, -0.15) is 13.2 Å². The van der Waals surface area contributed by atoms with Crippen molar-refractivity contribution in [3.8, 4) is 0 Å². The number of amides is 1. The summed E-state index contributed by atoms with van der Waals surface area (Å²) in [6.07, 6.45) is 0.331. The number of para-hydroxylation sites is 1. The fourth-order valence-corrected chi connectivity index (χ4v) is 5.43. The van der Waals surface area contributed by atoms with Crippen LogP contribution >= 0.6 is 0 Å². The van der Waals surface area contributed by atoms with Gasteiger partial charge in [0.25, 0.3) is 0 Å². The van der Waals surface area contributed by atoms with Gasteiger partial charge in [-0.1, -0.05) is 30.8 Å². The van der Waals surface area contributed by atoms with Gasteiger partial charge in [0.1, 0.15) is 11.6 Å². The van der Waals surface area contributed by atoms with Crippen molar-refractivity contribution in [2.45, 2.75) is 56.8 Å². The number of benzene rings is 2. The lowest BCUT2D eigenvalue weighted by Crippen LogP contribution is -2.40. The van der Waals surface area contributed by atoms with E-state index in [0.29, 0.717) is 30.9 Å². The third-order valence-corrected chi connectivity index (χ3v) is 7.43. The zero-order chi connectivity index (χ0) is 27.0. The highest BCUT2D eigenvalue weighted by Gasteiger charge is 2.38. The number of hydrogen-bond acceptors (Lipinski definition) is 3. The molecule has 1 atom stereocenters. The lowest BCUT2D eigenvalue weighted by Gasteiger charge is -2.40. The molecule has 2 heterocycles. The average Bonchev–Trinajstić information content (AvgIpc) is 3.67. The Bertz CT molecular complexity index is 1360. The molecule has 1 amide bonds. The maximum absolute atomic E-state index is 14.3. The molecule has 9 heteroatoms. The summed E-state index contributed by atoms with van der Waals surface area (Å²) in [6.45, 7) is 5.39. The number of carbonyl (C=O) groups excluding carboxylic acids is 1. The molecule has 1 aromatic heterocycles. The number of hydrogen-bond donors (Lipinski definition) is 1. The van der Waals surface area contributed by atoms with Gasteiger partial charge in [-0.3, -0.25) is 4.79 Å². The van der Waals surface area contributed by atoms with Gasteiger partial charge in [0.15, 0.2) is 0 Å². The Hall–Kier alpha value is -3.62.